The van der Waals surface area contributed by atoms with Gasteiger partial charge in [0.05, 0.1) is 11.8 Å². The number of nitrogens with zero attached hydrogens (tertiary/aromatic N) is 2. The minimum absolute atomic E-state index is 0.00581. The first-order valence-corrected chi connectivity index (χ1v) is 4.98. The molecule has 0 amide bonds. The first-order valence-electron chi connectivity index (χ1n) is 4.98. The van der Waals surface area contributed by atoms with Gasteiger partial charge in [-0.15, -0.1) is 0 Å². The van der Waals surface area contributed by atoms with Crippen molar-refractivity contribution in [2.24, 2.45) is 0 Å². The van der Waals surface area contributed by atoms with Crippen LogP contribution in [0.2, 0.25) is 0 Å². The van der Waals surface area contributed by atoms with Crippen molar-refractivity contribution in [2.75, 3.05) is 0 Å². The number of halogens is 4. The third-order valence-corrected chi connectivity index (χ3v) is 2.56. The van der Waals surface area contributed by atoms with Crippen molar-refractivity contribution in [3.63, 3.8) is 0 Å². The van der Waals surface area contributed by atoms with Gasteiger partial charge in [0.2, 0.25) is 0 Å². The van der Waals surface area contributed by atoms with Gasteiger partial charge in [-0.3, -0.25) is 0 Å². The molecule has 0 unspecified atom stereocenters. The van der Waals surface area contributed by atoms with Crippen molar-refractivity contribution < 1.29 is 27.5 Å². The number of aryl methyl sites for hydroxylation is 1. The smallest absolute Gasteiger partial charge is 0.434 e. The van der Waals surface area contributed by atoms with Gasteiger partial charge in [0.15, 0.2) is 11.3 Å². The van der Waals surface area contributed by atoms with Gasteiger partial charge < -0.3 is 5.11 Å². The molecule has 2 aromatic rings. The molecule has 0 spiro atoms. The molecule has 0 atom stereocenters. The summed E-state index contributed by atoms with van der Waals surface area (Å²) < 4.78 is 51.3. The maximum atomic E-state index is 13.3. The fraction of sp³-hybridized carbons (Fsp3) is 0.182. The van der Waals surface area contributed by atoms with Gasteiger partial charge in [-0.25, -0.2) is 19.2 Å². The van der Waals surface area contributed by atoms with E-state index in [0.29, 0.717) is 0 Å². The number of aromatic carboxylic acids is 1. The molecule has 100 valence electrons. The summed E-state index contributed by atoms with van der Waals surface area (Å²) in [5.41, 5.74) is -2.94. The number of carbonyl (C=O) groups is 1. The second-order valence-corrected chi connectivity index (χ2v) is 3.79. The number of hydrogen-bond acceptors (Lipinski definition) is 3. The Labute approximate surface area is 103 Å². The largest absolute Gasteiger partial charge is 0.478 e. The highest BCUT2D eigenvalue weighted by atomic mass is 19.4. The van der Waals surface area contributed by atoms with Crippen LogP contribution in [0.25, 0.3) is 11.0 Å². The molecule has 0 aliphatic rings. The van der Waals surface area contributed by atoms with E-state index < -0.39 is 29.2 Å². The summed E-state index contributed by atoms with van der Waals surface area (Å²) in [5.74, 6) is -2.53. The quantitative estimate of drug-likeness (QED) is 0.812. The molecule has 0 bridgehead atoms. The van der Waals surface area contributed by atoms with Gasteiger partial charge >= 0.3 is 12.1 Å². The fourth-order valence-corrected chi connectivity index (χ4v) is 1.60. The maximum Gasteiger partial charge on any atom is 0.434 e. The van der Waals surface area contributed by atoms with Crippen LogP contribution in [-0.4, -0.2) is 21.0 Å². The zero-order valence-electron chi connectivity index (χ0n) is 9.42. The first kappa shape index (κ1) is 13.2. The summed E-state index contributed by atoms with van der Waals surface area (Å²) in [7, 11) is 0. The molecule has 0 aliphatic carbocycles. The van der Waals surface area contributed by atoms with E-state index in [-0.39, 0.29) is 16.6 Å². The number of fused-ring (bicyclic) bond motifs is 1. The summed E-state index contributed by atoms with van der Waals surface area (Å²) >= 11 is 0. The normalized spacial score (nSPS) is 11.8. The number of carboxylic acid groups (broad SMARTS) is 1. The number of carboxylic acids is 1. The van der Waals surface area contributed by atoms with Crippen molar-refractivity contribution in [3.8, 4) is 0 Å². The SMILES string of the molecule is Cc1c(F)cnc2nc(C(F)(F)F)c(C(=O)O)cc12. The second kappa shape index (κ2) is 4.15. The van der Waals surface area contributed by atoms with Crippen molar-refractivity contribution in [3.05, 3.63) is 34.9 Å². The van der Waals surface area contributed by atoms with Crippen molar-refractivity contribution in [2.45, 2.75) is 13.1 Å². The summed E-state index contributed by atoms with van der Waals surface area (Å²) in [6, 6.07) is 0.735. The van der Waals surface area contributed by atoms with Crippen LogP contribution in [0.4, 0.5) is 17.6 Å². The molecular weight excluding hydrogens is 268 g/mol. The number of rotatable bonds is 1. The topological polar surface area (TPSA) is 63.1 Å². The van der Waals surface area contributed by atoms with Crippen LogP contribution in [0.3, 0.4) is 0 Å². The lowest BCUT2D eigenvalue weighted by Gasteiger charge is -2.11. The van der Waals surface area contributed by atoms with Gasteiger partial charge in [-0.1, -0.05) is 0 Å². The molecule has 1 N–H and O–H groups in total. The van der Waals surface area contributed by atoms with E-state index in [0.717, 1.165) is 12.3 Å². The van der Waals surface area contributed by atoms with Gasteiger partial charge in [0, 0.05) is 5.39 Å². The van der Waals surface area contributed by atoms with Gasteiger partial charge in [-0.05, 0) is 18.6 Å². The third-order valence-electron chi connectivity index (χ3n) is 2.56. The molecule has 19 heavy (non-hydrogen) atoms. The number of aromatic nitrogens is 2. The molecule has 0 saturated heterocycles. The van der Waals surface area contributed by atoms with Crippen molar-refractivity contribution in [1.29, 1.82) is 0 Å². The van der Waals surface area contributed by atoms with E-state index in [2.05, 4.69) is 9.97 Å². The maximum absolute atomic E-state index is 13.3. The van der Waals surface area contributed by atoms with Crippen LogP contribution < -0.4 is 0 Å². The second-order valence-electron chi connectivity index (χ2n) is 3.79. The van der Waals surface area contributed by atoms with Crippen LogP contribution in [0.15, 0.2) is 12.3 Å². The highest BCUT2D eigenvalue weighted by Gasteiger charge is 2.38. The number of pyridine rings is 2. The molecule has 4 nitrogen and oxygen atoms in total. The summed E-state index contributed by atoms with van der Waals surface area (Å²) in [6.07, 6.45) is -4.18. The molecule has 2 heterocycles. The van der Waals surface area contributed by atoms with E-state index in [4.69, 9.17) is 5.11 Å². The number of alkyl halides is 3. The Bertz CT molecular complexity index is 682. The summed E-state index contributed by atoms with van der Waals surface area (Å²) in [5, 5.41) is 8.73. The Balaban J connectivity index is 2.88. The predicted molar refractivity (Wildman–Crippen MR) is 56.2 cm³/mol. The van der Waals surface area contributed by atoms with E-state index in [1.54, 1.807) is 0 Å². The minimum atomic E-state index is -4.92. The van der Waals surface area contributed by atoms with Gasteiger partial charge in [-0.2, -0.15) is 13.2 Å². The lowest BCUT2D eigenvalue weighted by Crippen LogP contribution is -2.16. The molecule has 0 aromatic carbocycles. The minimum Gasteiger partial charge on any atom is -0.478 e. The van der Waals surface area contributed by atoms with E-state index >= 15 is 0 Å². The predicted octanol–water partition coefficient (Wildman–Crippen LogP) is 2.79. The Kier molecular flexibility index (Phi) is 2.88. The standard InChI is InChI=1S/C11H6F4N2O2/c1-4-5-2-6(10(18)19)8(11(13,14)15)17-9(5)16-3-7(4)12/h2-3H,1H3,(H,18,19). The molecule has 0 saturated carbocycles. The van der Waals surface area contributed by atoms with Gasteiger partial charge in [0.1, 0.15) is 5.82 Å². The molecular formula is C11H6F4N2O2. The zero-order chi connectivity index (χ0) is 14.4. The molecule has 2 aromatic heterocycles. The molecule has 0 fully saturated rings. The average Bonchev–Trinajstić information content (AvgIpc) is 2.31. The Morgan fingerprint density at radius 1 is 1.37 bits per heavy atom. The van der Waals surface area contributed by atoms with Crippen LogP contribution in [0.5, 0.6) is 0 Å². The average molecular weight is 274 g/mol. The summed E-state index contributed by atoms with van der Waals surface area (Å²) in [6.45, 7) is 1.31. The Morgan fingerprint density at radius 2 is 2.00 bits per heavy atom. The van der Waals surface area contributed by atoms with Crippen molar-refractivity contribution in [1.82, 2.24) is 9.97 Å². The third kappa shape index (κ3) is 2.20. The Hall–Kier alpha value is -2.25. The molecule has 0 aliphatic heterocycles. The van der Waals surface area contributed by atoms with Crippen LogP contribution in [0.1, 0.15) is 21.6 Å². The summed E-state index contributed by atoms with van der Waals surface area (Å²) in [4.78, 5) is 17.5. The van der Waals surface area contributed by atoms with Crippen LogP contribution in [0, 0.1) is 12.7 Å². The number of hydrogen-bond donors (Lipinski definition) is 1. The first-order chi connectivity index (χ1) is 8.71. The lowest BCUT2D eigenvalue weighted by atomic mass is 10.1. The molecule has 0 radical (unpaired) electrons. The van der Waals surface area contributed by atoms with Crippen LogP contribution in [-0.2, 0) is 6.18 Å². The molecule has 2 rings (SSSR count). The fourth-order valence-electron chi connectivity index (χ4n) is 1.60. The van der Waals surface area contributed by atoms with E-state index in [9.17, 15) is 22.4 Å². The lowest BCUT2D eigenvalue weighted by molar-refractivity contribution is -0.141. The van der Waals surface area contributed by atoms with Crippen molar-refractivity contribution >= 4 is 17.0 Å². The van der Waals surface area contributed by atoms with Crippen LogP contribution >= 0.6 is 0 Å². The van der Waals surface area contributed by atoms with E-state index in [1.807, 2.05) is 0 Å². The zero-order valence-corrected chi connectivity index (χ0v) is 9.42. The highest BCUT2D eigenvalue weighted by Crippen LogP contribution is 2.32. The van der Waals surface area contributed by atoms with E-state index in [1.165, 1.54) is 6.92 Å². The van der Waals surface area contributed by atoms with Gasteiger partial charge in [0.25, 0.3) is 0 Å². The highest BCUT2D eigenvalue weighted by molar-refractivity contribution is 5.94. The monoisotopic (exact) mass is 274 g/mol. The molecule has 8 heteroatoms. The Morgan fingerprint density at radius 3 is 2.53 bits per heavy atom.